The molecule has 0 amide bonds. The number of nitrogens with zero attached hydrogens (tertiary/aromatic N) is 1. The first-order chi connectivity index (χ1) is 6.97. The Morgan fingerprint density at radius 2 is 2.27 bits per heavy atom. The van der Waals surface area contributed by atoms with Crippen molar-refractivity contribution in [3.8, 4) is 6.07 Å². The van der Waals surface area contributed by atoms with Gasteiger partial charge in [-0.3, -0.25) is 0 Å². The monoisotopic (exact) mass is 209 g/mol. The standard InChI is InChI=1S/C12H19NO2/c1-5-7-12(9-13)8-10(6-2)14-11(3,4)15-12/h5,10H,1,6-8H2,2-4H3/t10-,12+/m0/s1. The second-order valence-corrected chi connectivity index (χ2v) is 4.45. The Hall–Kier alpha value is -0.850. The van der Waals surface area contributed by atoms with Crippen LogP contribution in [0.5, 0.6) is 0 Å². The maximum Gasteiger partial charge on any atom is 0.165 e. The Labute approximate surface area is 91.7 Å². The smallest absolute Gasteiger partial charge is 0.165 e. The third-order valence-electron chi connectivity index (χ3n) is 2.58. The highest BCUT2D eigenvalue weighted by Gasteiger charge is 2.44. The van der Waals surface area contributed by atoms with Crippen LogP contribution in [0, 0.1) is 11.3 Å². The van der Waals surface area contributed by atoms with E-state index < -0.39 is 11.4 Å². The summed E-state index contributed by atoms with van der Waals surface area (Å²) in [6.07, 6.45) is 3.89. The van der Waals surface area contributed by atoms with Crippen LogP contribution in [-0.2, 0) is 9.47 Å². The van der Waals surface area contributed by atoms with Crippen LogP contribution < -0.4 is 0 Å². The molecule has 15 heavy (non-hydrogen) atoms. The van der Waals surface area contributed by atoms with Crippen molar-refractivity contribution < 1.29 is 9.47 Å². The van der Waals surface area contributed by atoms with Crippen molar-refractivity contribution in [2.24, 2.45) is 0 Å². The Morgan fingerprint density at radius 3 is 2.73 bits per heavy atom. The molecule has 0 spiro atoms. The molecule has 0 aliphatic carbocycles. The molecule has 0 unspecified atom stereocenters. The Bertz CT molecular complexity index is 280. The van der Waals surface area contributed by atoms with Crippen molar-refractivity contribution in [2.75, 3.05) is 0 Å². The summed E-state index contributed by atoms with van der Waals surface area (Å²) in [5, 5.41) is 9.24. The van der Waals surface area contributed by atoms with E-state index in [0.717, 1.165) is 6.42 Å². The summed E-state index contributed by atoms with van der Waals surface area (Å²) in [4.78, 5) is 0. The van der Waals surface area contributed by atoms with Gasteiger partial charge in [-0.25, -0.2) is 0 Å². The first-order valence-electron chi connectivity index (χ1n) is 5.37. The van der Waals surface area contributed by atoms with E-state index in [1.54, 1.807) is 6.08 Å². The van der Waals surface area contributed by atoms with Crippen molar-refractivity contribution >= 4 is 0 Å². The molecular weight excluding hydrogens is 190 g/mol. The highest BCUT2D eigenvalue weighted by molar-refractivity contribution is 5.08. The van der Waals surface area contributed by atoms with Crippen LogP contribution in [0.4, 0.5) is 0 Å². The first-order valence-corrected chi connectivity index (χ1v) is 5.37. The minimum atomic E-state index is -0.760. The largest absolute Gasteiger partial charge is 0.347 e. The van der Waals surface area contributed by atoms with Gasteiger partial charge >= 0.3 is 0 Å². The van der Waals surface area contributed by atoms with Crippen LogP contribution in [-0.4, -0.2) is 17.5 Å². The lowest BCUT2D eigenvalue weighted by atomic mass is 9.90. The molecule has 1 saturated heterocycles. The molecule has 0 radical (unpaired) electrons. The van der Waals surface area contributed by atoms with Crippen LogP contribution in [0.3, 0.4) is 0 Å². The van der Waals surface area contributed by atoms with Gasteiger partial charge in [-0.2, -0.15) is 5.26 Å². The molecule has 3 heteroatoms. The molecule has 1 aliphatic rings. The Kier molecular flexibility index (Phi) is 3.54. The van der Waals surface area contributed by atoms with Crippen molar-refractivity contribution in [3.63, 3.8) is 0 Å². The Balaban J connectivity index is 2.89. The quantitative estimate of drug-likeness (QED) is 0.671. The van der Waals surface area contributed by atoms with Gasteiger partial charge in [0.25, 0.3) is 0 Å². The average Bonchev–Trinajstić information content (AvgIpc) is 2.15. The lowest BCUT2D eigenvalue weighted by Gasteiger charge is -2.44. The highest BCUT2D eigenvalue weighted by atomic mass is 16.7. The number of rotatable bonds is 3. The molecule has 84 valence electrons. The van der Waals surface area contributed by atoms with Crippen molar-refractivity contribution in [1.82, 2.24) is 0 Å². The van der Waals surface area contributed by atoms with Crippen LogP contribution in [0.2, 0.25) is 0 Å². The maximum absolute atomic E-state index is 9.24. The molecule has 1 aliphatic heterocycles. The van der Waals surface area contributed by atoms with Crippen LogP contribution >= 0.6 is 0 Å². The maximum atomic E-state index is 9.24. The third-order valence-corrected chi connectivity index (χ3v) is 2.58. The molecule has 1 heterocycles. The average molecular weight is 209 g/mol. The molecule has 1 rings (SSSR count). The van der Waals surface area contributed by atoms with E-state index >= 15 is 0 Å². The number of ether oxygens (including phenoxy) is 2. The lowest BCUT2D eigenvalue weighted by Crippen LogP contribution is -2.51. The fraction of sp³-hybridized carbons (Fsp3) is 0.750. The van der Waals surface area contributed by atoms with Gasteiger partial charge in [0.1, 0.15) is 0 Å². The summed E-state index contributed by atoms with van der Waals surface area (Å²) < 4.78 is 11.4. The highest BCUT2D eigenvalue weighted by Crippen LogP contribution is 2.37. The normalized spacial score (nSPS) is 34.4. The number of hydrogen-bond acceptors (Lipinski definition) is 3. The molecular formula is C12H19NO2. The van der Waals surface area contributed by atoms with Gasteiger partial charge in [0.15, 0.2) is 11.4 Å². The predicted molar refractivity (Wildman–Crippen MR) is 58.1 cm³/mol. The molecule has 0 aromatic heterocycles. The molecule has 0 aromatic carbocycles. The summed E-state index contributed by atoms with van der Waals surface area (Å²) in [5.41, 5.74) is -0.760. The second kappa shape index (κ2) is 4.34. The third kappa shape index (κ3) is 2.80. The van der Waals surface area contributed by atoms with E-state index in [4.69, 9.17) is 9.47 Å². The molecule has 0 saturated carbocycles. The first kappa shape index (κ1) is 12.2. The van der Waals surface area contributed by atoms with E-state index in [2.05, 4.69) is 19.6 Å². The lowest BCUT2D eigenvalue weighted by molar-refractivity contribution is -0.318. The summed E-state index contributed by atoms with van der Waals surface area (Å²) in [6, 6.07) is 2.26. The summed E-state index contributed by atoms with van der Waals surface area (Å²) >= 11 is 0. The predicted octanol–water partition coefficient (Wildman–Crippen LogP) is 2.78. The van der Waals surface area contributed by atoms with Crippen LogP contribution in [0.15, 0.2) is 12.7 Å². The molecule has 0 bridgehead atoms. The van der Waals surface area contributed by atoms with Gasteiger partial charge in [0, 0.05) is 12.8 Å². The summed E-state index contributed by atoms with van der Waals surface area (Å²) in [7, 11) is 0. The van der Waals surface area contributed by atoms with E-state index in [1.807, 2.05) is 13.8 Å². The van der Waals surface area contributed by atoms with E-state index in [1.165, 1.54) is 0 Å². The fourth-order valence-electron chi connectivity index (χ4n) is 2.05. The van der Waals surface area contributed by atoms with Crippen molar-refractivity contribution in [1.29, 1.82) is 5.26 Å². The van der Waals surface area contributed by atoms with E-state index in [0.29, 0.717) is 12.8 Å². The van der Waals surface area contributed by atoms with E-state index in [9.17, 15) is 5.26 Å². The zero-order chi connectivity index (χ0) is 11.5. The summed E-state index contributed by atoms with van der Waals surface area (Å²) in [6.45, 7) is 9.43. The van der Waals surface area contributed by atoms with E-state index in [-0.39, 0.29) is 6.10 Å². The van der Waals surface area contributed by atoms with Gasteiger partial charge in [-0.15, -0.1) is 6.58 Å². The van der Waals surface area contributed by atoms with Gasteiger partial charge in [-0.1, -0.05) is 13.0 Å². The van der Waals surface area contributed by atoms with Crippen molar-refractivity contribution in [2.45, 2.75) is 57.5 Å². The topological polar surface area (TPSA) is 42.2 Å². The minimum Gasteiger partial charge on any atom is -0.347 e. The number of hydrogen-bond donors (Lipinski definition) is 0. The molecule has 2 atom stereocenters. The zero-order valence-corrected chi connectivity index (χ0v) is 9.75. The van der Waals surface area contributed by atoms with Gasteiger partial charge in [-0.05, 0) is 20.3 Å². The van der Waals surface area contributed by atoms with Crippen molar-refractivity contribution in [3.05, 3.63) is 12.7 Å². The van der Waals surface area contributed by atoms with Gasteiger partial charge in [0.05, 0.1) is 12.2 Å². The molecule has 3 nitrogen and oxygen atoms in total. The van der Waals surface area contributed by atoms with Gasteiger partial charge < -0.3 is 9.47 Å². The molecule has 0 aromatic rings. The summed E-state index contributed by atoms with van der Waals surface area (Å²) in [5.74, 6) is -0.683. The fourth-order valence-corrected chi connectivity index (χ4v) is 2.05. The number of nitriles is 1. The van der Waals surface area contributed by atoms with Crippen LogP contribution in [0.25, 0.3) is 0 Å². The zero-order valence-electron chi connectivity index (χ0n) is 9.75. The minimum absolute atomic E-state index is 0.0911. The molecule has 1 fully saturated rings. The van der Waals surface area contributed by atoms with Crippen LogP contribution in [0.1, 0.15) is 40.0 Å². The van der Waals surface area contributed by atoms with Gasteiger partial charge in [0.2, 0.25) is 0 Å². The Morgan fingerprint density at radius 1 is 1.60 bits per heavy atom. The SMILES string of the molecule is C=CC[C@]1(C#N)C[C@H](CC)OC(C)(C)O1. The second-order valence-electron chi connectivity index (χ2n) is 4.45. The molecule has 0 N–H and O–H groups in total.